The standard InChI is InChI=1S/C15H21NO5/c1-3-12-6-4-5-7-13(12)21-11-14(17)16(8-9-20-2)10-15(18)19/h4-7H,3,8-11H2,1-2H3,(H,18,19). The van der Waals surface area contributed by atoms with Gasteiger partial charge in [-0.25, -0.2) is 0 Å². The summed E-state index contributed by atoms with van der Waals surface area (Å²) < 4.78 is 10.4. The van der Waals surface area contributed by atoms with Crippen molar-refractivity contribution >= 4 is 11.9 Å². The second-order valence-electron chi connectivity index (χ2n) is 4.45. The third-order valence-corrected chi connectivity index (χ3v) is 2.95. The lowest BCUT2D eigenvalue weighted by Crippen LogP contribution is -2.40. The van der Waals surface area contributed by atoms with Crippen molar-refractivity contribution in [3.8, 4) is 5.75 Å². The first kappa shape index (κ1) is 17.0. The molecular weight excluding hydrogens is 274 g/mol. The molecule has 1 rings (SSSR count). The number of benzene rings is 1. The predicted octanol–water partition coefficient (Wildman–Crippen LogP) is 1.19. The van der Waals surface area contributed by atoms with E-state index in [0.29, 0.717) is 5.75 Å². The molecule has 1 amide bonds. The summed E-state index contributed by atoms with van der Waals surface area (Å²) in [5.41, 5.74) is 1.01. The number of para-hydroxylation sites is 1. The van der Waals surface area contributed by atoms with Crippen molar-refractivity contribution in [3.05, 3.63) is 29.8 Å². The van der Waals surface area contributed by atoms with Crippen molar-refractivity contribution in [2.45, 2.75) is 13.3 Å². The Balaban J connectivity index is 2.61. The van der Waals surface area contributed by atoms with Crippen LogP contribution in [0.15, 0.2) is 24.3 Å². The van der Waals surface area contributed by atoms with Crippen molar-refractivity contribution in [1.82, 2.24) is 4.90 Å². The summed E-state index contributed by atoms with van der Waals surface area (Å²) in [6, 6.07) is 7.46. The average molecular weight is 295 g/mol. The molecule has 6 heteroatoms. The maximum atomic E-state index is 12.0. The van der Waals surface area contributed by atoms with Gasteiger partial charge in [0.05, 0.1) is 6.61 Å². The number of nitrogens with zero attached hydrogens (tertiary/aromatic N) is 1. The molecule has 1 aromatic rings. The van der Waals surface area contributed by atoms with E-state index in [1.807, 2.05) is 25.1 Å². The molecule has 0 bridgehead atoms. The summed E-state index contributed by atoms with van der Waals surface area (Å²) in [5.74, 6) is -0.788. The van der Waals surface area contributed by atoms with Crippen LogP contribution in [-0.4, -0.2) is 55.3 Å². The molecule has 0 saturated heterocycles. The molecule has 6 nitrogen and oxygen atoms in total. The van der Waals surface area contributed by atoms with Crippen LogP contribution in [0, 0.1) is 0 Å². The Labute approximate surface area is 124 Å². The maximum Gasteiger partial charge on any atom is 0.323 e. The van der Waals surface area contributed by atoms with E-state index < -0.39 is 5.97 Å². The monoisotopic (exact) mass is 295 g/mol. The summed E-state index contributed by atoms with van der Waals surface area (Å²) in [6.45, 7) is 1.96. The Hall–Kier alpha value is -2.08. The van der Waals surface area contributed by atoms with Crippen molar-refractivity contribution < 1.29 is 24.2 Å². The number of amides is 1. The van der Waals surface area contributed by atoms with Gasteiger partial charge in [-0.2, -0.15) is 0 Å². The number of carbonyl (C=O) groups excluding carboxylic acids is 1. The number of carboxylic acid groups (broad SMARTS) is 1. The van der Waals surface area contributed by atoms with Crippen molar-refractivity contribution in [2.75, 3.05) is 33.4 Å². The zero-order valence-electron chi connectivity index (χ0n) is 12.4. The SMILES string of the molecule is CCc1ccccc1OCC(=O)N(CCOC)CC(=O)O. The van der Waals surface area contributed by atoms with Gasteiger partial charge >= 0.3 is 5.97 Å². The minimum Gasteiger partial charge on any atom is -0.483 e. The van der Waals surface area contributed by atoms with Crippen LogP contribution < -0.4 is 4.74 Å². The first-order valence-electron chi connectivity index (χ1n) is 6.77. The van der Waals surface area contributed by atoms with Crippen LogP contribution in [-0.2, 0) is 20.7 Å². The van der Waals surface area contributed by atoms with E-state index in [4.69, 9.17) is 14.6 Å². The molecule has 0 saturated carbocycles. The van der Waals surface area contributed by atoms with Gasteiger partial charge in [-0.15, -0.1) is 0 Å². The van der Waals surface area contributed by atoms with E-state index in [1.165, 1.54) is 12.0 Å². The minimum atomic E-state index is -1.06. The summed E-state index contributed by atoms with van der Waals surface area (Å²) >= 11 is 0. The Morgan fingerprint density at radius 2 is 2.00 bits per heavy atom. The number of methoxy groups -OCH3 is 1. The van der Waals surface area contributed by atoms with Gasteiger partial charge < -0.3 is 19.5 Å². The molecule has 0 unspecified atom stereocenters. The largest absolute Gasteiger partial charge is 0.483 e. The molecule has 0 aromatic heterocycles. The molecule has 0 aliphatic carbocycles. The first-order chi connectivity index (χ1) is 10.1. The van der Waals surface area contributed by atoms with E-state index in [9.17, 15) is 9.59 Å². The fourth-order valence-corrected chi connectivity index (χ4v) is 1.82. The number of hydrogen-bond donors (Lipinski definition) is 1. The van der Waals surface area contributed by atoms with E-state index in [2.05, 4.69) is 0 Å². The smallest absolute Gasteiger partial charge is 0.323 e. The van der Waals surface area contributed by atoms with Crippen molar-refractivity contribution in [3.63, 3.8) is 0 Å². The molecule has 0 aliphatic rings. The van der Waals surface area contributed by atoms with Crippen LogP contribution in [0.5, 0.6) is 5.75 Å². The van der Waals surface area contributed by atoms with Crippen molar-refractivity contribution in [2.24, 2.45) is 0 Å². The summed E-state index contributed by atoms with van der Waals surface area (Å²) in [7, 11) is 1.50. The average Bonchev–Trinajstić information content (AvgIpc) is 2.48. The Morgan fingerprint density at radius 1 is 1.29 bits per heavy atom. The molecule has 21 heavy (non-hydrogen) atoms. The van der Waals surface area contributed by atoms with Gasteiger partial charge in [0.2, 0.25) is 0 Å². The first-order valence-corrected chi connectivity index (χ1v) is 6.77. The highest BCUT2D eigenvalue weighted by Gasteiger charge is 2.17. The number of aliphatic carboxylic acids is 1. The molecular formula is C15H21NO5. The lowest BCUT2D eigenvalue weighted by molar-refractivity contribution is -0.145. The number of carboxylic acids is 1. The van der Waals surface area contributed by atoms with Crippen LogP contribution in [0.1, 0.15) is 12.5 Å². The highest BCUT2D eigenvalue weighted by atomic mass is 16.5. The van der Waals surface area contributed by atoms with E-state index in [-0.39, 0.29) is 32.2 Å². The normalized spacial score (nSPS) is 10.2. The Morgan fingerprint density at radius 3 is 2.62 bits per heavy atom. The van der Waals surface area contributed by atoms with E-state index >= 15 is 0 Å². The van der Waals surface area contributed by atoms with Crippen LogP contribution in [0.25, 0.3) is 0 Å². The van der Waals surface area contributed by atoms with Gasteiger partial charge in [-0.1, -0.05) is 25.1 Å². The number of hydrogen-bond acceptors (Lipinski definition) is 4. The van der Waals surface area contributed by atoms with E-state index in [1.54, 1.807) is 6.07 Å². The molecule has 1 aromatic carbocycles. The number of aryl methyl sites for hydroxylation is 1. The quantitative estimate of drug-likeness (QED) is 0.740. The van der Waals surface area contributed by atoms with Gasteiger partial charge in [0, 0.05) is 13.7 Å². The van der Waals surface area contributed by atoms with Crippen molar-refractivity contribution in [1.29, 1.82) is 0 Å². The number of rotatable bonds is 9. The van der Waals surface area contributed by atoms with Gasteiger partial charge in [-0.3, -0.25) is 9.59 Å². The van der Waals surface area contributed by atoms with Crippen LogP contribution in [0.2, 0.25) is 0 Å². The third kappa shape index (κ3) is 5.83. The van der Waals surface area contributed by atoms with Crippen LogP contribution in [0.4, 0.5) is 0 Å². The summed E-state index contributed by atoms with van der Waals surface area (Å²) in [6.07, 6.45) is 0.798. The fourth-order valence-electron chi connectivity index (χ4n) is 1.82. The lowest BCUT2D eigenvalue weighted by Gasteiger charge is -2.20. The zero-order valence-corrected chi connectivity index (χ0v) is 12.4. The van der Waals surface area contributed by atoms with Gasteiger partial charge in [0.1, 0.15) is 12.3 Å². The fraction of sp³-hybridized carbons (Fsp3) is 0.467. The molecule has 0 fully saturated rings. The summed E-state index contributed by atoms with van der Waals surface area (Å²) in [4.78, 5) is 24.0. The van der Waals surface area contributed by atoms with Gasteiger partial charge in [0.25, 0.3) is 5.91 Å². The predicted molar refractivity (Wildman–Crippen MR) is 77.4 cm³/mol. The topological polar surface area (TPSA) is 76.1 Å². The second-order valence-corrected chi connectivity index (χ2v) is 4.45. The minimum absolute atomic E-state index is 0.187. The zero-order chi connectivity index (χ0) is 15.7. The summed E-state index contributed by atoms with van der Waals surface area (Å²) in [5, 5.41) is 8.82. The van der Waals surface area contributed by atoms with Crippen LogP contribution in [0.3, 0.4) is 0 Å². The third-order valence-electron chi connectivity index (χ3n) is 2.95. The number of ether oxygens (including phenoxy) is 2. The molecule has 0 radical (unpaired) electrons. The highest BCUT2D eigenvalue weighted by Crippen LogP contribution is 2.18. The molecule has 0 spiro atoms. The van der Waals surface area contributed by atoms with E-state index in [0.717, 1.165) is 12.0 Å². The lowest BCUT2D eigenvalue weighted by atomic mass is 10.1. The van der Waals surface area contributed by atoms with Gasteiger partial charge in [0.15, 0.2) is 6.61 Å². The molecule has 0 atom stereocenters. The maximum absolute atomic E-state index is 12.0. The number of carbonyl (C=O) groups is 2. The molecule has 1 N–H and O–H groups in total. The highest BCUT2D eigenvalue weighted by molar-refractivity contribution is 5.82. The molecule has 0 heterocycles. The molecule has 0 aliphatic heterocycles. The molecule has 116 valence electrons. The second kappa shape index (κ2) is 8.97. The van der Waals surface area contributed by atoms with Gasteiger partial charge in [-0.05, 0) is 18.1 Å². The van der Waals surface area contributed by atoms with Crippen LogP contribution >= 0.6 is 0 Å². The Kier molecular flexibility index (Phi) is 7.25. The Bertz CT molecular complexity index is 475.